The number of hydrogen-bond acceptors (Lipinski definition) is 2. The lowest BCUT2D eigenvalue weighted by molar-refractivity contribution is 0.162. The average Bonchev–Trinajstić information content (AvgIpc) is 2.74. The van der Waals surface area contributed by atoms with Gasteiger partial charge in [-0.15, -0.1) is 0 Å². The maximum atomic E-state index is 9.63. The highest BCUT2D eigenvalue weighted by atomic mass is 16.3. The molecule has 1 aromatic heterocycles. The number of aromatic amines is 1. The molecule has 0 amide bonds. The van der Waals surface area contributed by atoms with Crippen molar-refractivity contribution < 1.29 is 5.11 Å². The highest BCUT2D eigenvalue weighted by molar-refractivity contribution is 5.06. The quantitative estimate of drug-likeness (QED) is 0.714. The van der Waals surface area contributed by atoms with E-state index in [1.165, 1.54) is 12.8 Å². The number of nitrogens with zero attached hydrogens (tertiary/aromatic N) is 1. The Kier molecular flexibility index (Phi) is 2.13. The number of aliphatic hydroxyl groups is 1. The lowest BCUT2D eigenvalue weighted by Crippen LogP contribution is -1.95. The number of rotatable bonds is 4. The molecule has 1 aromatic rings. The van der Waals surface area contributed by atoms with Crippen molar-refractivity contribution in [2.75, 3.05) is 0 Å². The lowest BCUT2D eigenvalue weighted by atomic mass is 10.1. The Morgan fingerprint density at radius 3 is 3.08 bits per heavy atom. The van der Waals surface area contributed by atoms with Gasteiger partial charge in [0, 0.05) is 11.8 Å². The molecular weight excluding hydrogens is 152 g/mol. The molecule has 0 aromatic carbocycles. The van der Waals surface area contributed by atoms with Crippen LogP contribution in [0.3, 0.4) is 0 Å². The van der Waals surface area contributed by atoms with Crippen LogP contribution in [-0.4, -0.2) is 15.3 Å². The van der Waals surface area contributed by atoms with Crippen LogP contribution in [0.1, 0.15) is 37.4 Å². The molecule has 0 saturated heterocycles. The first-order valence-electron chi connectivity index (χ1n) is 4.53. The van der Waals surface area contributed by atoms with E-state index in [1.54, 1.807) is 12.4 Å². The van der Waals surface area contributed by atoms with E-state index in [1.807, 2.05) is 0 Å². The minimum Gasteiger partial charge on any atom is -0.388 e. The molecule has 0 bridgehead atoms. The first-order valence-corrected chi connectivity index (χ1v) is 4.53. The minimum absolute atomic E-state index is 0.315. The Labute approximate surface area is 71.8 Å². The molecule has 1 aliphatic carbocycles. The second-order valence-electron chi connectivity index (χ2n) is 3.57. The van der Waals surface area contributed by atoms with Crippen LogP contribution in [0.25, 0.3) is 0 Å². The van der Waals surface area contributed by atoms with Gasteiger partial charge in [-0.2, -0.15) is 5.10 Å². The van der Waals surface area contributed by atoms with Gasteiger partial charge in [-0.05, 0) is 18.8 Å². The lowest BCUT2D eigenvalue weighted by Gasteiger charge is -2.06. The van der Waals surface area contributed by atoms with Gasteiger partial charge in [0.1, 0.15) is 0 Å². The fraction of sp³-hybridized carbons (Fsp3) is 0.667. The molecule has 12 heavy (non-hydrogen) atoms. The van der Waals surface area contributed by atoms with Crippen LogP contribution in [0.5, 0.6) is 0 Å². The summed E-state index contributed by atoms with van der Waals surface area (Å²) in [5, 5.41) is 16.1. The van der Waals surface area contributed by atoms with Gasteiger partial charge in [0.05, 0.1) is 12.3 Å². The molecule has 3 heteroatoms. The molecule has 3 nitrogen and oxygen atoms in total. The van der Waals surface area contributed by atoms with Crippen LogP contribution in [0.4, 0.5) is 0 Å². The molecule has 1 heterocycles. The standard InChI is InChI=1S/C9H14N2O/c12-9(4-3-7-1-2-7)8-5-10-11-6-8/h5-7,9,12H,1-4H2,(H,10,11). The molecule has 66 valence electrons. The van der Waals surface area contributed by atoms with Crippen LogP contribution in [0, 0.1) is 5.92 Å². The molecule has 1 saturated carbocycles. The summed E-state index contributed by atoms with van der Waals surface area (Å²) < 4.78 is 0. The summed E-state index contributed by atoms with van der Waals surface area (Å²) in [6.45, 7) is 0. The van der Waals surface area contributed by atoms with Crippen molar-refractivity contribution in [1.82, 2.24) is 10.2 Å². The van der Waals surface area contributed by atoms with E-state index in [0.29, 0.717) is 0 Å². The fourth-order valence-electron chi connectivity index (χ4n) is 1.41. The average molecular weight is 166 g/mol. The van der Waals surface area contributed by atoms with Gasteiger partial charge in [-0.1, -0.05) is 12.8 Å². The maximum absolute atomic E-state index is 9.63. The third-order valence-electron chi connectivity index (χ3n) is 2.45. The van der Waals surface area contributed by atoms with Crippen molar-refractivity contribution in [3.63, 3.8) is 0 Å². The van der Waals surface area contributed by atoms with E-state index >= 15 is 0 Å². The summed E-state index contributed by atoms with van der Waals surface area (Å²) in [4.78, 5) is 0. The molecule has 2 N–H and O–H groups in total. The van der Waals surface area contributed by atoms with E-state index in [0.717, 1.165) is 24.3 Å². The van der Waals surface area contributed by atoms with Crippen molar-refractivity contribution in [2.24, 2.45) is 5.92 Å². The second-order valence-corrected chi connectivity index (χ2v) is 3.57. The Balaban J connectivity index is 1.79. The third-order valence-corrected chi connectivity index (χ3v) is 2.45. The van der Waals surface area contributed by atoms with Crippen molar-refractivity contribution in [1.29, 1.82) is 0 Å². The summed E-state index contributed by atoms with van der Waals surface area (Å²) in [6, 6.07) is 0. The summed E-state index contributed by atoms with van der Waals surface area (Å²) in [7, 11) is 0. The van der Waals surface area contributed by atoms with E-state index in [4.69, 9.17) is 0 Å². The SMILES string of the molecule is OC(CCC1CC1)c1cn[nH]c1. The normalized spacial score (nSPS) is 19.4. The Morgan fingerprint density at radius 2 is 2.50 bits per heavy atom. The Bertz CT molecular complexity index is 229. The predicted molar refractivity (Wildman–Crippen MR) is 45.5 cm³/mol. The monoisotopic (exact) mass is 166 g/mol. The van der Waals surface area contributed by atoms with Gasteiger partial charge in [-0.25, -0.2) is 0 Å². The highest BCUT2D eigenvalue weighted by Crippen LogP contribution is 2.35. The van der Waals surface area contributed by atoms with E-state index < -0.39 is 0 Å². The zero-order valence-electron chi connectivity index (χ0n) is 7.03. The molecular formula is C9H14N2O. The number of nitrogens with one attached hydrogen (secondary N) is 1. The zero-order valence-corrected chi connectivity index (χ0v) is 7.03. The number of aromatic nitrogens is 2. The summed E-state index contributed by atoms with van der Waals surface area (Å²) in [5.74, 6) is 0.895. The third kappa shape index (κ3) is 1.85. The fourth-order valence-corrected chi connectivity index (χ4v) is 1.41. The van der Waals surface area contributed by atoms with Gasteiger partial charge in [0.2, 0.25) is 0 Å². The van der Waals surface area contributed by atoms with Crippen molar-refractivity contribution in [2.45, 2.75) is 31.8 Å². The largest absolute Gasteiger partial charge is 0.388 e. The molecule has 0 aliphatic heterocycles. The highest BCUT2D eigenvalue weighted by Gasteiger charge is 2.22. The molecule has 1 aliphatic rings. The van der Waals surface area contributed by atoms with E-state index in [9.17, 15) is 5.11 Å². The summed E-state index contributed by atoms with van der Waals surface area (Å²) >= 11 is 0. The molecule has 0 radical (unpaired) electrons. The first kappa shape index (κ1) is 7.80. The van der Waals surface area contributed by atoms with E-state index in [-0.39, 0.29) is 6.10 Å². The van der Waals surface area contributed by atoms with Crippen LogP contribution in [0.15, 0.2) is 12.4 Å². The molecule has 1 fully saturated rings. The maximum Gasteiger partial charge on any atom is 0.0820 e. The van der Waals surface area contributed by atoms with E-state index in [2.05, 4.69) is 10.2 Å². The molecule has 1 atom stereocenters. The van der Waals surface area contributed by atoms with Gasteiger partial charge in [0.15, 0.2) is 0 Å². The van der Waals surface area contributed by atoms with Crippen LogP contribution in [-0.2, 0) is 0 Å². The van der Waals surface area contributed by atoms with Crippen LogP contribution < -0.4 is 0 Å². The van der Waals surface area contributed by atoms with Crippen molar-refractivity contribution >= 4 is 0 Å². The van der Waals surface area contributed by atoms with Gasteiger partial charge in [0.25, 0.3) is 0 Å². The Morgan fingerprint density at radius 1 is 1.67 bits per heavy atom. The zero-order chi connectivity index (χ0) is 8.39. The van der Waals surface area contributed by atoms with Crippen molar-refractivity contribution in [3.8, 4) is 0 Å². The van der Waals surface area contributed by atoms with Crippen LogP contribution >= 0.6 is 0 Å². The first-order chi connectivity index (χ1) is 5.86. The van der Waals surface area contributed by atoms with Gasteiger partial charge in [-0.3, -0.25) is 5.10 Å². The molecule has 0 spiro atoms. The van der Waals surface area contributed by atoms with Gasteiger partial charge >= 0.3 is 0 Å². The number of hydrogen-bond donors (Lipinski definition) is 2. The smallest absolute Gasteiger partial charge is 0.0820 e. The second kappa shape index (κ2) is 3.27. The molecule has 1 unspecified atom stereocenters. The topological polar surface area (TPSA) is 48.9 Å². The minimum atomic E-state index is -0.315. The van der Waals surface area contributed by atoms with Gasteiger partial charge < -0.3 is 5.11 Å². The van der Waals surface area contributed by atoms with Crippen molar-refractivity contribution in [3.05, 3.63) is 18.0 Å². The molecule has 2 rings (SSSR count). The number of aliphatic hydroxyl groups excluding tert-OH is 1. The predicted octanol–water partition coefficient (Wildman–Crippen LogP) is 1.63. The van der Waals surface area contributed by atoms with Crippen LogP contribution in [0.2, 0.25) is 0 Å². The number of H-pyrrole nitrogens is 1. The summed E-state index contributed by atoms with van der Waals surface area (Å²) in [6.07, 6.45) is 7.89. The Hall–Kier alpha value is -0.830. The summed E-state index contributed by atoms with van der Waals surface area (Å²) in [5.41, 5.74) is 0.913.